The van der Waals surface area contributed by atoms with Crippen molar-refractivity contribution < 1.29 is 12.9 Å². The number of hydrogen-bond acceptors (Lipinski definition) is 5. The van der Waals surface area contributed by atoms with E-state index in [-0.39, 0.29) is 25.6 Å². The van der Waals surface area contributed by atoms with Gasteiger partial charge in [0.05, 0.1) is 21.5 Å². The molecule has 1 heterocycles. The number of aromatic nitrogens is 2. The molecule has 0 aliphatic heterocycles. The van der Waals surface area contributed by atoms with Crippen LogP contribution in [0.3, 0.4) is 0 Å². The number of benzene rings is 1. The Bertz CT molecular complexity index is 910. The highest BCUT2D eigenvalue weighted by atomic mass is 35.5. The van der Waals surface area contributed by atoms with E-state index in [1.54, 1.807) is 6.92 Å². The Balaban J connectivity index is 2.59. The van der Waals surface area contributed by atoms with Crippen LogP contribution in [0.15, 0.2) is 32.3 Å². The van der Waals surface area contributed by atoms with Crippen LogP contribution < -0.4 is 11.4 Å². The van der Waals surface area contributed by atoms with Gasteiger partial charge in [-0.15, -0.1) is 0 Å². The van der Waals surface area contributed by atoms with Gasteiger partial charge in [0, 0.05) is 0 Å². The Morgan fingerprint density at radius 3 is 2.45 bits per heavy atom. The fourth-order valence-electron chi connectivity index (χ4n) is 1.74. The maximum atomic E-state index is 12.2. The Labute approximate surface area is 135 Å². The average Bonchev–Trinajstić information content (AvgIpc) is 2.76. The van der Waals surface area contributed by atoms with Crippen molar-refractivity contribution >= 4 is 33.2 Å². The number of hydrogen-bond donors (Lipinski definition) is 0. The molecular formula is C12H12Cl2N2O5S. The third-order valence-corrected chi connectivity index (χ3v) is 5.14. The second kappa shape index (κ2) is 6.31. The zero-order valence-electron chi connectivity index (χ0n) is 11.5. The Hall–Kier alpha value is -1.51. The van der Waals surface area contributed by atoms with Gasteiger partial charge in [0.1, 0.15) is 0 Å². The molecule has 22 heavy (non-hydrogen) atoms. The van der Waals surface area contributed by atoms with Crippen molar-refractivity contribution in [3.63, 3.8) is 0 Å². The zero-order chi connectivity index (χ0) is 16.5. The molecule has 0 radical (unpaired) electrons. The Morgan fingerprint density at radius 1 is 1.18 bits per heavy atom. The fraction of sp³-hybridized carbons (Fsp3) is 0.333. The molecule has 2 rings (SSSR count). The molecule has 0 N–H and O–H groups in total. The van der Waals surface area contributed by atoms with E-state index in [9.17, 15) is 18.0 Å². The number of rotatable bonds is 5. The molecule has 2 aromatic rings. The zero-order valence-corrected chi connectivity index (χ0v) is 13.8. The molecule has 0 saturated heterocycles. The lowest BCUT2D eigenvalue weighted by atomic mass is 10.3. The first-order valence-corrected chi connectivity index (χ1v) is 8.68. The molecule has 0 atom stereocenters. The van der Waals surface area contributed by atoms with Gasteiger partial charge in [-0.3, -0.25) is 0 Å². The van der Waals surface area contributed by atoms with Crippen molar-refractivity contribution in [3.05, 3.63) is 49.3 Å². The second-order valence-corrected chi connectivity index (χ2v) is 7.19. The molecule has 0 unspecified atom stereocenters. The molecular weight excluding hydrogens is 355 g/mol. The normalized spacial score (nSPS) is 11.8. The lowest BCUT2D eigenvalue weighted by Crippen LogP contribution is -2.31. The van der Waals surface area contributed by atoms with Crippen LogP contribution >= 0.6 is 23.2 Å². The summed E-state index contributed by atoms with van der Waals surface area (Å²) >= 11 is 11.6. The minimum atomic E-state index is -4.02. The van der Waals surface area contributed by atoms with Gasteiger partial charge < -0.3 is 4.52 Å². The first-order chi connectivity index (χ1) is 10.3. The van der Waals surface area contributed by atoms with Crippen molar-refractivity contribution in [2.45, 2.75) is 19.8 Å². The number of nitrogens with zero attached hydrogens (tertiary/aromatic N) is 2. The van der Waals surface area contributed by atoms with Gasteiger partial charge in [0.25, 0.3) is 10.0 Å². The molecule has 120 valence electrons. The second-order valence-electron chi connectivity index (χ2n) is 4.47. The topological polar surface area (TPSA) is 91.3 Å². The Kier molecular flexibility index (Phi) is 4.84. The van der Waals surface area contributed by atoms with E-state index in [1.165, 1.54) is 18.2 Å². The molecule has 7 nitrogen and oxygen atoms in total. The van der Waals surface area contributed by atoms with Crippen molar-refractivity contribution in [2.75, 3.05) is 5.75 Å². The average molecular weight is 367 g/mol. The van der Waals surface area contributed by atoms with Gasteiger partial charge >= 0.3 is 11.4 Å². The predicted molar refractivity (Wildman–Crippen MR) is 82.7 cm³/mol. The summed E-state index contributed by atoms with van der Waals surface area (Å²) in [5, 5.41) is 0.352. The van der Waals surface area contributed by atoms with Gasteiger partial charge in [-0.05, 0) is 28.8 Å². The van der Waals surface area contributed by atoms with Gasteiger partial charge in [0.2, 0.25) is 0 Å². The first kappa shape index (κ1) is 16.9. The van der Waals surface area contributed by atoms with E-state index in [0.717, 1.165) is 0 Å². The van der Waals surface area contributed by atoms with Gasteiger partial charge in [0.15, 0.2) is 0 Å². The number of unbranched alkanes of at least 4 members (excludes halogenated alkanes) is 1. The molecule has 1 aromatic heterocycles. The summed E-state index contributed by atoms with van der Waals surface area (Å²) in [5.41, 5.74) is -1.04. The summed E-state index contributed by atoms with van der Waals surface area (Å²) in [6.07, 6.45) is 0.960. The molecule has 0 bridgehead atoms. The largest absolute Gasteiger partial charge is 0.448 e. The molecule has 0 saturated carbocycles. The Morgan fingerprint density at radius 2 is 1.86 bits per heavy atom. The van der Waals surface area contributed by atoms with E-state index < -0.39 is 21.5 Å². The minimum Gasteiger partial charge on any atom is -0.301 e. The minimum absolute atomic E-state index is 0.0672. The summed E-state index contributed by atoms with van der Waals surface area (Å²) in [6, 6.07) is 4.01. The number of halogens is 2. The molecule has 10 heteroatoms. The van der Waals surface area contributed by atoms with Crippen molar-refractivity contribution in [1.82, 2.24) is 8.71 Å². The highest BCUT2D eigenvalue weighted by Crippen LogP contribution is 2.23. The molecule has 0 aliphatic rings. The van der Waals surface area contributed by atoms with Crippen LogP contribution in [-0.4, -0.2) is 22.9 Å². The summed E-state index contributed by atoms with van der Waals surface area (Å²) in [5.74, 6) is -1.42. The van der Waals surface area contributed by atoms with Crippen LogP contribution in [0.25, 0.3) is 5.69 Å². The van der Waals surface area contributed by atoms with E-state index in [0.29, 0.717) is 17.4 Å². The maximum Gasteiger partial charge on any atom is 0.448 e. The van der Waals surface area contributed by atoms with E-state index >= 15 is 0 Å². The third-order valence-electron chi connectivity index (χ3n) is 2.86. The van der Waals surface area contributed by atoms with Crippen LogP contribution in [0.5, 0.6) is 0 Å². The van der Waals surface area contributed by atoms with E-state index in [1.807, 2.05) is 0 Å². The van der Waals surface area contributed by atoms with Gasteiger partial charge in [-0.1, -0.05) is 36.5 Å². The van der Waals surface area contributed by atoms with Crippen LogP contribution in [0, 0.1) is 0 Å². The fourth-order valence-corrected chi connectivity index (χ4v) is 3.34. The highest BCUT2D eigenvalue weighted by molar-refractivity contribution is 7.89. The lowest BCUT2D eigenvalue weighted by molar-refractivity contribution is 0.332. The van der Waals surface area contributed by atoms with E-state index in [2.05, 4.69) is 4.52 Å². The monoisotopic (exact) mass is 366 g/mol. The van der Waals surface area contributed by atoms with Crippen molar-refractivity contribution in [1.29, 1.82) is 0 Å². The molecule has 0 amide bonds. The van der Waals surface area contributed by atoms with Crippen molar-refractivity contribution in [2.24, 2.45) is 0 Å². The summed E-state index contributed by atoms with van der Waals surface area (Å²) in [4.78, 5) is 24.0. The van der Waals surface area contributed by atoms with Crippen LogP contribution in [0.4, 0.5) is 0 Å². The molecule has 0 spiro atoms. The first-order valence-electron chi connectivity index (χ1n) is 6.32. The summed E-state index contributed by atoms with van der Waals surface area (Å²) < 4.78 is 29.3. The SMILES string of the molecule is CCCCS(=O)(=O)n1oc(=O)n(-c2ccc(Cl)c(Cl)c2)c1=O. The maximum absolute atomic E-state index is 12.2. The van der Waals surface area contributed by atoms with Gasteiger partial charge in [-0.25, -0.2) is 18.0 Å². The smallest absolute Gasteiger partial charge is 0.301 e. The molecule has 0 aliphatic carbocycles. The molecule has 1 aromatic carbocycles. The third kappa shape index (κ3) is 3.13. The molecule has 0 fully saturated rings. The van der Waals surface area contributed by atoms with Crippen LogP contribution in [0.1, 0.15) is 19.8 Å². The van der Waals surface area contributed by atoms with Gasteiger partial charge in [-0.2, -0.15) is 4.57 Å². The van der Waals surface area contributed by atoms with Crippen LogP contribution in [0.2, 0.25) is 10.0 Å². The summed E-state index contributed by atoms with van der Waals surface area (Å²) in [7, 11) is -4.02. The van der Waals surface area contributed by atoms with Crippen LogP contribution in [-0.2, 0) is 10.0 Å². The predicted octanol–water partition coefficient (Wildman–Crippen LogP) is 1.88. The summed E-state index contributed by atoms with van der Waals surface area (Å²) in [6.45, 7) is 1.80. The lowest BCUT2D eigenvalue weighted by Gasteiger charge is -2.01. The van der Waals surface area contributed by atoms with E-state index in [4.69, 9.17) is 23.2 Å². The highest BCUT2D eigenvalue weighted by Gasteiger charge is 2.23. The van der Waals surface area contributed by atoms with Crippen molar-refractivity contribution in [3.8, 4) is 5.69 Å². The standard InChI is InChI=1S/C12H12Cl2N2O5S/c1-2-3-6-22(19,20)16-11(17)15(12(18)21-16)8-4-5-9(13)10(14)7-8/h4-5,7H,2-3,6H2,1H3. The quantitative estimate of drug-likeness (QED) is 0.805.